The number of carbonyl (C=O) groups excluding carboxylic acids is 2. The quantitative estimate of drug-likeness (QED) is 0.634. The minimum absolute atomic E-state index is 0.136. The van der Waals surface area contributed by atoms with Crippen molar-refractivity contribution in [3.63, 3.8) is 0 Å². The molecule has 30 heavy (non-hydrogen) atoms. The summed E-state index contributed by atoms with van der Waals surface area (Å²) < 4.78 is 5.36. The lowest BCUT2D eigenvalue weighted by molar-refractivity contribution is 0.0383. The topological polar surface area (TPSA) is 85.9 Å². The van der Waals surface area contributed by atoms with Gasteiger partial charge in [0.25, 0.3) is 5.91 Å². The van der Waals surface area contributed by atoms with Crippen molar-refractivity contribution in [2.45, 2.75) is 38.1 Å². The normalized spacial score (nSPS) is 17.9. The highest BCUT2D eigenvalue weighted by Gasteiger charge is 2.18. The van der Waals surface area contributed by atoms with Crippen molar-refractivity contribution in [1.82, 2.24) is 15.5 Å². The Hall–Kier alpha value is -2.32. The van der Waals surface area contributed by atoms with Crippen LogP contribution in [0.25, 0.3) is 0 Å². The van der Waals surface area contributed by atoms with Crippen LogP contribution >= 0.6 is 0 Å². The third-order valence-electron chi connectivity index (χ3n) is 5.74. The van der Waals surface area contributed by atoms with Crippen molar-refractivity contribution in [2.75, 3.05) is 63.7 Å². The Balaban J connectivity index is 1.58. The fourth-order valence-corrected chi connectivity index (χ4v) is 4.03. The van der Waals surface area contributed by atoms with Gasteiger partial charge in [0.1, 0.15) is 0 Å². The Labute approximate surface area is 179 Å². The van der Waals surface area contributed by atoms with E-state index in [-0.39, 0.29) is 18.0 Å². The average Bonchev–Trinajstić information content (AvgIpc) is 2.75. The van der Waals surface area contributed by atoms with Gasteiger partial charge in [0, 0.05) is 57.7 Å². The number of nitrogens with one attached hydrogen (secondary N) is 3. The van der Waals surface area contributed by atoms with Crippen LogP contribution in [0.5, 0.6) is 0 Å². The maximum Gasteiger partial charge on any atom is 0.319 e. The first-order valence-corrected chi connectivity index (χ1v) is 11.0. The van der Waals surface area contributed by atoms with E-state index < -0.39 is 0 Å². The molecule has 0 aromatic heterocycles. The minimum Gasteiger partial charge on any atom is -0.379 e. The van der Waals surface area contributed by atoms with Crippen molar-refractivity contribution in [3.8, 4) is 0 Å². The molecule has 2 fully saturated rings. The van der Waals surface area contributed by atoms with Crippen molar-refractivity contribution < 1.29 is 14.3 Å². The van der Waals surface area contributed by atoms with Crippen LogP contribution in [0.1, 0.15) is 42.5 Å². The Morgan fingerprint density at radius 2 is 1.87 bits per heavy atom. The Kier molecular flexibility index (Phi) is 8.33. The monoisotopic (exact) mass is 417 g/mol. The van der Waals surface area contributed by atoms with Crippen molar-refractivity contribution in [1.29, 1.82) is 0 Å². The van der Waals surface area contributed by atoms with Gasteiger partial charge in [-0.15, -0.1) is 0 Å². The molecule has 3 amide bonds. The lowest BCUT2D eigenvalue weighted by atomic mass is 9.96. The van der Waals surface area contributed by atoms with Gasteiger partial charge in [-0.25, -0.2) is 4.79 Å². The number of hydrogen-bond donors (Lipinski definition) is 3. The van der Waals surface area contributed by atoms with Gasteiger partial charge in [-0.3, -0.25) is 9.69 Å². The minimum atomic E-state index is -0.210. The maximum atomic E-state index is 12.9. The molecule has 3 N–H and O–H groups in total. The van der Waals surface area contributed by atoms with Crippen molar-refractivity contribution >= 4 is 23.3 Å². The molecule has 1 heterocycles. The summed E-state index contributed by atoms with van der Waals surface area (Å²) in [5.41, 5.74) is 1.99. The zero-order chi connectivity index (χ0) is 21.3. The van der Waals surface area contributed by atoms with Gasteiger partial charge in [-0.05, 0) is 31.0 Å². The van der Waals surface area contributed by atoms with Gasteiger partial charge in [0.15, 0.2) is 0 Å². The summed E-state index contributed by atoms with van der Waals surface area (Å²) in [7, 11) is 3.81. The number of carbonyl (C=O) groups is 2. The summed E-state index contributed by atoms with van der Waals surface area (Å²) >= 11 is 0. The number of anilines is 2. The lowest BCUT2D eigenvalue weighted by Crippen LogP contribution is -2.41. The fourth-order valence-electron chi connectivity index (χ4n) is 4.03. The van der Waals surface area contributed by atoms with Crippen LogP contribution < -0.4 is 20.9 Å². The van der Waals surface area contributed by atoms with E-state index in [4.69, 9.17) is 4.74 Å². The highest BCUT2D eigenvalue weighted by molar-refractivity contribution is 6.01. The van der Waals surface area contributed by atoms with Crippen LogP contribution in [-0.2, 0) is 4.74 Å². The smallest absolute Gasteiger partial charge is 0.319 e. The van der Waals surface area contributed by atoms with E-state index in [1.54, 1.807) is 6.07 Å². The fraction of sp³-hybridized carbons (Fsp3) is 0.636. The summed E-state index contributed by atoms with van der Waals surface area (Å²) in [5.74, 6) is -0.136. The second-order valence-electron chi connectivity index (χ2n) is 8.27. The standard InChI is InChI=1S/C22H35N5O3/c1-26(2)20-9-8-18(25-22(29)24-17-6-4-3-5-7-17)16-19(20)21(28)23-10-11-27-12-14-30-15-13-27/h8-9,16-17H,3-7,10-15H2,1-2H3,(H,23,28)(H2,24,25,29). The molecule has 1 saturated carbocycles. The zero-order valence-corrected chi connectivity index (χ0v) is 18.2. The molecule has 1 aromatic rings. The Bertz CT molecular complexity index is 713. The maximum absolute atomic E-state index is 12.9. The summed E-state index contributed by atoms with van der Waals surface area (Å²) in [6, 6.07) is 5.48. The number of urea groups is 1. The molecule has 0 spiro atoms. The molecule has 0 atom stereocenters. The molecule has 1 aromatic carbocycles. The van der Waals surface area contributed by atoms with Crippen molar-refractivity contribution in [3.05, 3.63) is 23.8 Å². The van der Waals surface area contributed by atoms with E-state index in [9.17, 15) is 9.59 Å². The van der Waals surface area contributed by atoms with Gasteiger partial charge in [0.2, 0.25) is 0 Å². The molecule has 8 heteroatoms. The number of rotatable bonds is 7. The molecule has 0 bridgehead atoms. The molecule has 3 rings (SSSR count). The predicted octanol–water partition coefficient (Wildman–Crippen LogP) is 2.27. The van der Waals surface area contributed by atoms with E-state index in [1.165, 1.54) is 6.42 Å². The van der Waals surface area contributed by atoms with Gasteiger partial charge in [0.05, 0.1) is 18.8 Å². The second kappa shape index (κ2) is 11.2. The number of nitrogens with zero attached hydrogens (tertiary/aromatic N) is 2. The van der Waals surface area contributed by atoms with Crippen LogP contribution in [0.2, 0.25) is 0 Å². The number of amides is 3. The summed E-state index contributed by atoms with van der Waals surface area (Å²) in [5, 5.41) is 8.95. The van der Waals surface area contributed by atoms with Crippen LogP contribution in [0, 0.1) is 0 Å². The zero-order valence-electron chi connectivity index (χ0n) is 18.2. The summed E-state index contributed by atoms with van der Waals surface area (Å²) in [6.45, 7) is 4.66. The van der Waals surface area contributed by atoms with Crippen LogP contribution in [0.4, 0.5) is 16.2 Å². The summed E-state index contributed by atoms with van der Waals surface area (Å²) in [6.07, 6.45) is 5.64. The SMILES string of the molecule is CN(C)c1ccc(NC(=O)NC2CCCCC2)cc1C(=O)NCCN1CCOCC1. The first-order chi connectivity index (χ1) is 14.5. The molecule has 166 valence electrons. The van der Waals surface area contributed by atoms with Crippen molar-refractivity contribution in [2.24, 2.45) is 0 Å². The van der Waals surface area contributed by atoms with Gasteiger partial charge in [-0.2, -0.15) is 0 Å². The molecular formula is C22H35N5O3. The average molecular weight is 418 g/mol. The molecule has 1 aliphatic carbocycles. The van der Waals surface area contributed by atoms with E-state index in [2.05, 4.69) is 20.9 Å². The first-order valence-electron chi connectivity index (χ1n) is 11.0. The molecular weight excluding hydrogens is 382 g/mol. The molecule has 8 nitrogen and oxygen atoms in total. The van der Waals surface area contributed by atoms with Gasteiger partial charge in [-0.1, -0.05) is 19.3 Å². The third kappa shape index (κ3) is 6.60. The molecule has 2 aliphatic rings. The van der Waals surface area contributed by atoms with Crippen LogP contribution in [-0.4, -0.2) is 76.4 Å². The lowest BCUT2D eigenvalue weighted by Gasteiger charge is -2.26. The van der Waals surface area contributed by atoms with E-state index in [0.717, 1.165) is 64.2 Å². The highest BCUT2D eigenvalue weighted by Crippen LogP contribution is 2.23. The number of morpholine rings is 1. The Morgan fingerprint density at radius 3 is 2.57 bits per heavy atom. The molecule has 0 radical (unpaired) electrons. The molecule has 0 unspecified atom stereocenters. The van der Waals surface area contributed by atoms with Gasteiger partial charge >= 0.3 is 6.03 Å². The van der Waals surface area contributed by atoms with Crippen LogP contribution in [0.15, 0.2) is 18.2 Å². The third-order valence-corrected chi connectivity index (χ3v) is 5.74. The first kappa shape index (κ1) is 22.4. The summed E-state index contributed by atoms with van der Waals surface area (Å²) in [4.78, 5) is 29.4. The van der Waals surface area contributed by atoms with E-state index in [1.807, 2.05) is 31.1 Å². The molecule has 1 aliphatic heterocycles. The van der Waals surface area contributed by atoms with Gasteiger partial charge < -0.3 is 25.6 Å². The largest absolute Gasteiger partial charge is 0.379 e. The number of ether oxygens (including phenoxy) is 1. The highest BCUT2D eigenvalue weighted by atomic mass is 16.5. The number of benzene rings is 1. The second-order valence-corrected chi connectivity index (χ2v) is 8.27. The van der Waals surface area contributed by atoms with E-state index in [0.29, 0.717) is 17.8 Å². The predicted molar refractivity (Wildman–Crippen MR) is 119 cm³/mol. The van der Waals surface area contributed by atoms with E-state index >= 15 is 0 Å². The number of hydrogen-bond acceptors (Lipinski definition) is 5. The van der Waals surface area contributed by atoms with Crippen LogP contribution in [0.3, 0.4) is 0 Å². The Morgan fingerprint density at radius 1 is 1.13 bits per heavy atom. The molecule has 1 saturated heterocycles.